The number of sulfone groups is 1. The zero-order chi connectivity index (χ0) is 22.8. The van der Waals surface area contributed by atoms with E-state index in [9.17, 15) is 22.8 Å². The molecular weight excluding hydrogens is 442 g/mol. The molecule has 0 aromatic heterocycles. The fourth-order valence-corrected chi connectivity index (χ4v) is 4.21. The molecule has 0 aliphatic carbocycles. The molecule has 0 unspecified atom stereocenters. The number of rotatable bonds is 5. The van der Waals surface area contributed by atoms with Gasteiger partial charge in [0, 0.05) is 26.3 Å². The molecule has 0 bridgehead atoms. The van der Waals surface area contributed by atoms with Gasteiger partial charge in [-0.25, -0.2) is 13.4 Å². The van der Waals surface area contributed by atoms with Gasteiger partial charge in [0.25, 0.3) is 5.91 Å². The van der Waals surface area contributed by atoms with Gasteiger partial charge >= 0.3 is 0 Å². The summed E-state index contributed by atoms with van der Waals surface area (Å²) in [4.78, 5) is 37.5. The number of amides is 3. The van der Waals surface area contributed by atoms with E-state index in [2.05, 4.69) is 5.32 Å². The number of benzene rings is 2. The monoisotopic (exact) mass is 463 g/mol. The van der Waals surface area contributed by atoms with Gasteiger partial charge in [0.1, 0.15) is 0 Å². The van der Waals surface area contributed by atoms with E-state index in [4.69, 9.17) is 11.6 Å². The molecule has 0 saturated carbocycles. The lowest BCUT2D eigenvalue weighted by atomic mass is 10.1. The van der Waals surface area contributed by atoms with Crippen molar-refractivity contribution in [3.63, 3.8) is 0 Å². The van der Waals surface area contributed by atoms with Crippen LogP contribution in [0.2, 0.25) is 5.02 Å². The Morgan fingerprint density at radius 1 is 1.03 bits per heavy atom. The van der Waals surface area contributed by atoms with Crippen LogP contribution in [0.5, 0.6) is 0 Å². The zero-order valence-corrected chi connectivity index (χ0v) is 18.7. The summed E-state index contributed by atoms with van der Waals surface area (Å²) in [6.07, 6.45) is 1.76. The van der Waals surface area contributed by atoms with Gasteiger partial charge in [0.05, 0.1) is 27.6 Å². The van der Waals surface area contributed by atoms with Gasteiger partial charge in [-0.2, -0.15) is 0 Å². The van der Waals surface area contributed by atoms with Crippen LogP contribution in [0.3, 0.4) is 0 Å². The number of hydrogen-bond acceptors (Lipinski definition) is 5. The summed E-state index contributed by atoms with van der Waals surface area (Å²) in [5.41, 5.74) is 1.15. The van der Waals surface area contributed by atoms with E-state index in [0.29, 0.717) is 30.8 Å². The summed E-state index contributed by atoms with van der Waals surface area (Å²) in [6, 6.07) is 10.8. The summed E-state index contributed by atoms with van der Waals surface area (Å²) in [5, 5.41) is 5.42. The molecule has 10 heteroatoms. The molecule has 8 nitrogen and oxygen atoms in total. The first-order valence-corrected chi connectivity index (χ1v) is 11.8. The van der Waals surface area contributed by atoms with Crippen LogP contribution in [0.15, 0.2) is 47.4 Å². The standard InChI is InChI=1S/C21H22ClN3O5S/c1-14(26)23-18-6-3-5-17(20(18)22)21(28)25-12-4-11-24(25)19(27)13-15-7-9-16(10-8-15)31(2,29)30/h3,5-10H,4,11-13H2,1-2H3,(H,23,26). The average Bonchev–Trinajstić information content (AvgIpc) is 3.18. The smallest absolute Gasteiger partial charge is 0.274 e. The predicted molar refractivity (Wildman–Crippen MR) is 116 cm³/mol. The maximum atomic E-state index is 13.1. The van der Waals surface area contributed by atoms with Gasteiger partial charge in [-0.1, -0.05) is 29.8 Å². The molecule has 0 radical (unpaired) electrons. The van der Waals surface area contributed by atoms with Crippen LogP contribution in [-0.2, 0) is 25.8 Å². The third kappa shape index (κ3) is 5.23. The summed E-state index contributed by atoms with van der Waals surface area (Å²) < 4.78 is 23.2. The Hall–Kier alpha value is -2.91. The van der Waals surface area contributed by atoms with Gasteiger partial charge < -0.3 is 5.32 Å². The Labute approximate surface area is 185 Å². The number of hydrogen-bond donors (Lipinski definition) is 1. The van der Waals surface area contributed by atoms with Gasteiger partial charge in [-0.05, 0) is 36.2 Å². The third-order valence-electron chi connectivity index (χ3n) is 4.80. The van der Waals surface area contributed by atoms with Crippen molar-refractivity contribution in [3.05, 3.63) is 58.6 Å². The molecule has 2 aromatic carbocycles. The van der Waals surface area contributed by atoms with Crippen molar-refractivity contribution in [3.8, 4) is 0 Å². The van der Waals surface area contributed by atoms with Gasteiger partial charge in [-0.15, -0.1) is 0 Å². The molecule has 1 aliphatic heterocycles. The van der Waals surface area contributed by atoms with Crippen molar-refractivity contribution < 1.29 is 22.8 Å². The van der Waals surface area contributed by atoms with E-state index in [0.717, 1.165) is 6.26 Å². The first-order chi connectivity index (χ1) is 14.6. The summed E-state index contributed by atoms with van der Waals surface area (Å²) >= 11 is 6.32. The Balaban J connectivity index is 1.77. The lowest BCUT2D eigenvalue weighted by molar-refractivity contribution is -0.139. The van der Waals surface area contributed by atoms with Crippen LogP contribution < -0.4 is 5.32 Å². The Morgan fingerprint density at radius 2 is 1.68 bits per heavy atom. The number of carbonyl (C=O) groups excluding carboxylic acids is 3. The van der Waals surface area contributed by atoms with Crippen LogP contribution in [0.1, 0.15) is 29.3 Å². The molecule has 1 N–H and O–H groups in total. The molecule has 3 rings (SSSR count). The van der Waals surface area contributed by atoms with Gasteiger partial charge in [0.15, 0.2) is 9.84 Å². The number of carbonyl (C=O) groups is 3. The molecular formula is C21H22ClN3O5S. The maximum absolute atomic E-state index is 13.1. The zero-order valence-electron chi connectivity index (χ0n) is 17.1. The number of hydrazine groups is 1. The minimum Gasteiger partial charge on any atom is -0.325 e. The quantitative estimate of drug-likeness (QED) is 0.733. The predicted octanol–water partition coefficient (Wildman–Crippen LogP) is 2.53. The molecule has 1 aliphatic rings. The highest BCUT2D eigenvalue weighted by atomic mass is 35.5. The van der Waals surface area contributed by atoms with E-state index < -0.39 is 15.7 Å². The number of nitrogens with zero attached hydrogens (tertiary/aromatic N) is 2. The van der Waals surface area contributed by atoms with E-state index in [1.54, 1.807) is 30.3 Å². The lowest BCUT2D eigenvalue weighted by Gasteiger charge is -2.28. The first kappa shape index (κ1) is 22.8. The fraction of sp³-hybridized carbons (Fsp3) is 0.286. The number of nitrogens with one attached hydrogen (secondary N) is 1. The van der Waals surface area contributed by atoms with Gasteiger partial charge in [-0.3, -0.25) is 19.4 Å². The Morgan fingerprint density at radius 3 is 2.29 bits per heavy atom. The molecule has 1 heterocycles. The topological polar surface area (TPSA) is 104 Å². The van der Waals surface area contributed by atoms with Crippen molar-refractivity contribution in [1.82, 2.24) is 10.0 Å². The second kappa shape index (κ2) is 9.07. The summed E-state index contributed by atoms with van der Waals surface area (Å²) in [6.45, 7) is 2.08. The number of halogens is 1. The van der Waals surface area contributed by atoms with Gasteiger partial charge in [0.2, 0.25) is 11.8 Å². The van der Waals surface area contributed by atoms with Crippen molar-refractivity contribution in [2.24, 2.45) is 0 Å². The highest BCUT2D eigenvalue weighted by Gasteiger charge is 2.32. The first-order valence-electron chi connectivity index (χ1n) is 9.55. The normalized spacial score (nSPS) is 13.9. The highest BCUT2D eigenvalue weighted by Crippen LogP contribution is 2.28. The van der Waals surface area contributed by atoms with E-state index in [-0.39, 0.29) is 33.7 Å². The molecule has 31 heavy (non-hydrogen) atoms. The highest BCUT2D eigenvalue weighted by molar-refractivity contribution is 7.90. The third-order valence-corrected chi connectivity index (χ3v) is 6.34. The molecule has 164 valence electrons. The largest absolute Gasteiger partial charge is 0.325 e. The summed E-state index contributed by atoms with van der Waals surface area (Å²) in [7, 11) is -3.32. The van der Waals surface area contributed by atoms with E-state index in [1.165, 1.54) is 29.1 Å². The van der Waals surface area contributed by atoms with E-state index in [1.807, 2.05) is 0 Å². The van der Waals surface area contributed by atoms with Crippen molar-refractivity contribution >= 4 is 44.8 Å². The molecule has 0 spiro atoms. The Kier molecular flexibility index (Phi) is 6.66. The van der Waals surface area contributed by atoms with Crippen LogP contribution >= 0.6 is 11.6 Å². The van der Waals surface area contributed by atoms with Crippen molar-refractivity contribution in [1.29, 1.82) is 0 Å². The molecule has 2 aromatic rings. The minimum atomic E-state index is -3.32. The molecule has 1 fully saturated rings. The number of anilines is 1. The van der Waals surface area contributed by atoms with Crippen LogP contribution in [0, 0.1) is 0 Å². The minimum absolute atomic E-state index is 0.0213. The van der Waals surface area contributed by atoms with Crippen LogP contribution in [0.4, 0.5) is 5.69 Å². The molecule has 0 atom stereocenters. The van der Waals surface area contributed by atoms with Crippen LogP contribution in [-0.4, -0.2) is 55.5 Å². The second-order valence-corrected chi connectivity index (χ2v) is 9.63. The van der Waals surface area contributed by atoms with Crippen LogP contribution in [0.25, 0.3) is 0 Å². The fourth-order valence-electron chi connectivity index (χ4n) is 3.32. The molecule has 3 amide bonds. The average molecular weight is 464 g/mol. The maximum Gasteiger partial charge on any atom is 0.274 e. The van der Waals surface area contributed by atoms with Crippen molar-refractivity contribution in [2.45, 2.75) is 24.7 Å². The van der Waals surface area contributed by atoms with E-state index >= 15 is 0 Å². The Bertz CT molecular complexity index is 1130. The molecule has 1 saturated heterocycles. The lowest BCUT2D eigenvalue weighted by Crippen LogP contribution is -2.45. The van der Waals surface area contributed by atoms with Crippen molar-refractivity contribution in [2.75, 3.05) is 24.7 Å². The SMILES string of the molecule is CC(=O)Nc1cccc(C(=O)N2CCCN2C(=O)Cc2ccc(S(C)(=O)=O)cc2)c1Cl. The summed E-state index contributed by atoms with van der Waals surface area (Å²) in [5.74, 6) is -1.03. The second-order valence-electron chi connectivity index (χ2n) is 7.24.